The third-order valence-corrected chi connectivity index (χ3v) is 2.02. The quantitative estimate of drug-likeness (QED) is 0.686. The van der Waals surface area contributed by atoms with E-state index in [2.05, 4.69) is 5.32 Å². The molecule has 0 amide bonds. The first-order chi connectivity index (χ1) is 5.42. The number of halogens is 2. The Bertz CT molecular complexity index is 191. The maximum Gasteiger partial charge on any atom is 0.262 e. The summed E-state index contributed by atoms with van der Waals surface area (Å²) in [6, 6.07) is -0.639. The molecule has 0 aromatic carbocycles. The summed E-state index contributed by atoms with van der Waals surface area (Å²) in [6.45, 7) is 3.08. The Hall–Kier alpha value is -0.510. The van der Waals surface area contributed by atoms with Crippen LogP contribution in [0, 0.1) is 5.92 Å². The second-order valence-electron chi connectivity index (χ2n) is 3.55. The van der Waals surface area contributed by atoms with Crippen LogP contribution in [0.5, 0.6) is 0 Å². The van der Waals surface area contributed by atoms with E-state index in [1.807, 2.05) is 0 Å². The van der Waals surface area contributed by atoms with Crippen LogP contribution in [0.3, 0.4) is 0 Å². The van der Waals surface area contributed by atoms with E-state index in [-0.39, 0.29) is 24.7 Å². The van der Waals surface area contributed by atoms with Crippen molar-refractivity contribution in [2.24, 2.45) is 5.92 Å². The average molecular weight is 177 g/mol. The summed E-state index contributed by atoms with van der Waals surface area (Å²) >= 11 is 0. The predicted molar refractivity (Wildman–Crippen MR) is 41.2 cm³/mol. The molecule has 12 heavy (non-hydrogen) atoms. The number of Topliss-reactive ketones (excluding diaryl/α,β-unsaturated/α-hetero) is 1. The van der Waals surface area contributed by atoms with Gasteiger partial charge in [0.15, 0.2) is 5.78 Å². The predicted octanol–water partition coefficient (Wildman–Crippen LogP) is 1.21. The molecule has 1 saturated heterocycles. The summed E-state index contributed by atoms with van der Waals surface area (Å²) in [7, 11) is 0. The molecule has 0 bridgehead atoms. The van der Waals surface area contributed by atoms with Crippen molar-refractivity contribution in [1.82, 2.24) is 5.32 Å². The standard InChI is InChI=1S/C8H13F2NO/c1-5(2)7(12)6-3-8(9,10)4-11-6/h5-6,11H,3-4H2,1-2H3. The SMILES string of the molecule is CC(C)C(=O)C1CC(F)(F)CN1. The molecule has 1 unspecified atom stereocenters. The van der Waals surface area contributed by atoms with E-state index >= 15 is 0 Å². The van der Waals surface area contributed by atoms with Gasteiger partial charge in [-0.2, -0.15) is 0 Å². The smallest absolute Gasteiger partial charge is 0.262 e. The molecule has 1 N–H and O–H groups in total. The zero-order valence-electron chi connectivity index (χ0n) is 7.23. The molecule has 1 atom stereocenters. The third-order valence-electron chi connectivity index (χ3n) is 2.02. The van der Waals surface area contributed by atoms with Crippen LogP contribution in [0.4, 0.5) is 8.78 Å². The lowest BCUT2D eigenvalue weighted by molar-refractivity contribution is -0.124. The van der Waals surface area contributed by atoms with E-state index in [4.69, 9.17) is 0 Å². The van der Waals surface area contributed by atoms with E-state index in [1.165, 1.54) is 0 Å². The monoisotopic (exact) mass is 177 g/mol. The van der Waals surface area contributed by atoms with Crippen LogP contribution >= 0.6 is 0 Å². The minimum atomic E-state index is -2.70. The summed E-state index contributed by atoms with van der Waals surface area (Å²) in [6.07, 6.45) is -0.343. The van der Waals surface area contributed by atoms with Crippen molar-refractivity contribution in [3.05, 3.63) is 0 Å². The van der Waals surface area contributed by atoms with Gasteiger partial charge in [0.05, 0.1) is 12.6 Å². The minimum absolute atomic E-state index is 0.118. The highest BCUT2D eigenvalue weighted by Gasteiger charge is 2.42. The van der Waals surface area contributed by atoms with Crippen molar-refractivity contribution < 1.29 is 13.6 Å². The van der Waals surface area contributed by atoms with Crippen LogP contribution in [-0.4, -0.2) is 24.3 Å². The largest absolute Gasteiger partial charge is 0.302 e. The molecule has 1 rings (SSSR count). The van der Waals surface area contributed by atoms with Gasteiger partial charge in [-0.1, -0.05) is 13.8 Å². The number of nitrogens with one attached hydrogen (secondary N) is 1. The fourth-order valence-electron chi connectivity index (χ4n) is 1.32. The summed E-state index contributed by atoms with van der Waals surface area (Å²) < 4.78 is 25.2. The van der Waals surface area contributed by atoms with Crippen LogP contribution in [-0.2, 0) is 4.79 Å². The summed E-state index contributed by atoms with van der Waals surface area (Å²) in [5, 5.41) is 2.53. The van der Waals surface area contributed by atoms with E-state index in [0.717, 1.165) is 0 Å². The van der Waals surface area contributed by atoms with E-state index in [1.54, 1.807) is 13.8 Å². The number of hydrogen-bond donors (Lipinski definition) is 1. The van der Waals surface area contributed by atoms with Crippen molar-refractivity contribution >= 4 is 5.78 Å². The van der Waals surface area contributed by atoms with E-state index in [0.29, 0.717) is 0 Å². The minimum Gasteiger partial charge on any atom is -0.302 e. The van der Waals surface area contributed by atoms with Crippen molar-refractivity contribution in [3.8, 4) is 0 Å². The molecule has 2 nitrogen and oxygen atoms in total. The fourth-order valence-corrected chi connectivity index (χ4v) is 1.32. The second kappa shape index (κ2) is 3.09. The zero-order valence-corrected chi connectivity index (χ0v) is 7.23. The molecule has 0 aliphatic carbocycles. The molecular weight excluding hydrogens is 164 g/mol. The van der Waals surface area contributed by atoms with Crippen LogP contribution in [0.2, 0.25) is 0 Å². The number of alkyl halides is 2. The van der Waals surface area contributed by atoms with Gasteiger partial charge in [-0.25, -0.2) is 8.78 Å². The van der Waals surface area contributed by atoms with E-state index < -0.39 is 12.0 Å². The molecule has 4 heteroatoms. The zero-order chi connectivity index (χ0) is 9.35. The molecule has 0 saturated carbocycles. The second-order valence-corrected chi connectivity index (χ2v) is 3.55. The molecule has 0 radical (unpaired) electrons. The summed E-state index contributed by atoms with van der Waals surface area (Å²) in [4.78, 5) is 11.2. The first kappa shape index (κ1) is 9.58. The van der Waals surface area contributed by atoms with E-state index in [9.17, 15) is 13.6 Å². The lowest BCUT2D eigenvalue weighted by Gasteiger charge is -2.11. The Morgan fingerprint density at radius 2 is 2.17 bits per heavy atom. The van der Waals surface area contributed by atoms with Crippen molar-refractivity contribution in [2.75, 3.05) is 6.54 Å². The molecule has 1 heterocycles. The molecule has 1 aliphatic rings. The Balaban J connectivity index is 2.53. The lowest BCUT2D eigenvalue weighted by Crippen LogP contribution is -2.33. The number of ketones is 1. The van der Waals surface area contributed by atoms with Gasteiger partial charge in [0.1, 0.15) is 0 Å². The maximum absolute atomic E-state index is 12.6. The first-order valence-corrected chi connectivity index (χ1v) is 4.07. The molecule has 70 valence electrons. The Morgan fingerprint density at radius 1 is 1.58 bits per heavy atom. The van der Waals surface area contributed by atoms with Crippen LogP contribution in [0.25, 0.3) is 0 Å². The number of carbonyl (C=O) groups excluding carboxylic acids is 1. The highest BCUT2D eigenvalue weighted by molar-refractivity contribution is 5.86. The fraction of sp³-hybridized carbons (Fsp3) is 0.875. The number of rotatable bonds is 2. The van der Waals surface area contributed by atoms with Crippen molar-refractivity contribution in [2.45, 2.75) is 32.2 Å². The topological polar surface area (TPSA) is 29.1 Å². The highest BCUT2D eigenvalue weighted by atomic mass is 19.3. The Labute approximate surface area is 70.3 Å². The maximum atomic E-state index is 12.6. The normalized spacial score (nSPS) is 27.9. The van der Waals surface area contributed by atoms with Gasteiger partial charge < -0.3 is 5.32 Å². The molecule has 0 aromatic heterocycles. The van der Waals surface area contributed by atoms with Gasteiger partial charge in [0, 0.05) is 12.3 Å². The molecule has 0 aromatic rings. The van der Waals surface area contributed by atoms with Crippen molar-refractivity contribution in [1.29, 1.82) is 0 Å². The van der Waals surface area contributed by atoms with Gasteiger partial charge >= 0.3 is 0 Å². The summed E-state index contributed by atoms with van der Waals surface area (Å²) in [5.74, 6) is -2.99. The Kier molecular flexibility index (Phi) is 2.46. The van der Waals surface area contributed by atoms with Gasteiger partial charge in [-0.15, -0.1) is 0 Å². The molecule has 1 fully saturated rings. The van der Waals surface area contributed by atoms with Crippen LogP contribution in [0.15, 0.2) is 0 Å². The van der Waals surface area contributed by atoms with Gasteiger partial charge in [-0.05, 0) is 0 Å². The first-order valence-electron chi connectivity index (χ1n) is 4.07. The van der Waals surface area contributed by atoms with Gasteiger partial charge in [-0.3, -0.25) is 4.79 Å². The average Bonchev–Trinajstić information content (AvgIpc) is 2.28. The van der Waals surface area contributed by atoms with Crippen LogP contribution < -0.4 is 5.32 Å². The van der Waals surface area contributed by atoms with Gasteiger partial charge in [0.25, 0.3) is 5.92 Å². The molecule has 1 aliphatic heterocycles. The number of carbonyl (C=O) groups is 1. The lowest BCUT2D eigenvalue weighted by atomic mass is 10.00. The molecular formula is C8H13F2NO. The van der Waals surface area contributed by atoms with Gasteiger partial charge in [0.2, 0.25) is 0 Å². The summed E-state index contributed by atoms with van der Waals surface area (Å²) in [5.41, 5.74) is 0. The number of hydrogen-bond acceptors (Lipinski definition) is 2. The third kappa shape index (κ3) is 2.00. The Morgan fingerprint density at radius 3 is 2.50 bits per heavy atom. The van der Waals surface area contributed by atoms with Crippen molar-refractivity contribution in [3.63, 3.8) is 0 Å². The highest BCUT2D eigenvalue weighted by Crippen LogP contribution is 2.26. The molecule has 0 spiro atoms. The van der Waals surface area contributed by atoms with Crippen LogP contribution in [0.1, 0.15) is 20.3 Å².